The van der Waals surface area contributed by atoms with Crippen LogP contribution in [0.25, 0.3) is 21.9 Å². The van der Waals surface area contributed by atoms with Crippen LogP contribution < -0.4 is 14.5 Å². The molecule has 0 saturated carbocycles. The molecule has 0 spiro atoms. The number of fused-ring (bicyclic) bond motifs is 2. The minimum absolute atomic E-state index is 0.135. The van der Waals surface area contributed by atoms with Gasteiger partial charge < -0.3 is 24.0 Å². The lowest BCUT2D eigenvalue weighted by atomic mass is 9.98. The van der Waals surface area contributed by atoms with Gasteiger partial charge >= 0.3 is 13.7 Å². The van der Waals surface area contributed by atoms with Crippen LogP contribution in [0.1, 0.15) is 53.1 Å². The van der Waals surface area contributed by atoms with Crippen LogP contribution in [0, 0.1) is 12.3 Å². The number of ether oxygens (including phenoxy) is 2. The van der Waals surface area contributed by atoms with Gasteiger partial charge in [0.05, 0.1) is 19.5 Å². The van der Waals surface area contributed by atoms with E-state index in [4.69, 9.17) is 18.5 Å². The Kier molecular flexibility index (Phi) is 9.24. The molecule has 0 radical (unpaired) electrons. The van der Waals surface area contributed by atoms with Gasteiger partial charge in [0.25, 0.3) is 0 Å². The Morgan fingerprint density at radius 3 is 2.65 bits per heavy atom. The van der Waals surface area contributed by atoms with E-state index < -0.39 is 50.5 Å². The number of aromatic nitrogens is 4. The Bertz CT molecular complexity index is 1850. The minimum Gasteiger partial charge on any atom is -0.464 e. The summed E-state index contributed by atoms with van der Waals surface area (Å²) in [4.78, 5) is 28.5. The summed E-state index contributed by atoms with van der Waals surface area (Å²) >= 11 is 0. The van der Waals surface area contributed by atoms with Gasteiger partial charge in [-0.2, -0.15) is 5.09 Å². The summed E-state index contributed by atoms with van der Waals surface area (Å²) < 4.78 is 55.2. The monoisotopic (exact) mass is 684 g/mol. The molecular formula is C33H42FN6O7P. The van der Waals surface area contributed by atoms with Gasteiger partial charge in [0.1, 0.15) is 29.3 Å². The van der Waals surface area contributed by atoms with Crippen molar-refractivity contribution >= 4 is 41.5 Å². The first kappa shape index (κ1) is 34.2. The third-order valence-corrected chi connectivity index (χ3v) is 9.97. The third kappa shape index (κ3) is 6.90. The van der Waals surface area contributed by atoms with Gasteiger partial charge in [-0.15, -0.1) is 0 Å². The summed E-state index contributed by atoms with van der Waals surface area (Å²) in [5.41, 5.74) is -1.44. The number of hydrogen-bond acceptors (Lipinski definition) is 11. The van der Waals surface area contributed by atoms with Crippen molar-refractivity contribution in [2.75, 3.05) is 31.2 Å². The summed E-state index contributed by atoms with van der Waals surface area (Å²) in [5.74, 6) is 0.726. The highest BCUT2D eigenvalue weighted by molar-refractivity contribution is 7.52. The number of nitrogens with zero attached hydrogens (tertiary/aromatic N) is 5. The topological polar surface area (TPSA) is 150 Å². The molecule has 6 atom stereocenters. The quantitative estimate of drug-likeness (QED) is 0.157. The molecule has 1 unspecified atom stereocenters. The molecule has 258 valence electrons. The number of nitrogens with one attached hydrogen (secondary N) is 1. The van der Waals surface area contributed by atoms with Crippen LogP contribution >= 0.6 is 7.75 Å². The fourth-order valence-corrected chi connectivity index (χ4v) is 7.17. The van der Waals surface area contributed by atoms with E-state index in [1.54, 1.807) is 25.1 Å². The highest BCUT2D eigenvalue weighted by atomic mass is 31.2. The van der Waals surface area contributed by atoms with E-state index in [0.717, 1.165) is 24.9 Å². The van der Waals surface area contributed by atoms with E-state index in [2.05, 4.69) is 24.9 Å². The standard InChI is InChI=1S/C33H42FN6O7P/c1-20(30(41)44-18-32(3,4)5)38-48(43,47-24-14-9-12-22-11-7-8-13-23(22)24)45-17-25-27(34)33(6,42)31(46-25)40-19-35-26-28(39-15-10-16-39)36-21(2)37-29(26)40/h7-9,11-14,19-20,25,27,31,42H,10,15-18H2,1-6H3,(H,38,43)/t20-,25+,27+,31+,33+,48?/m0/s1. The minimum atomic E-state index is -4.41. The fourth-order valence-electron chi connectivity index (χ4n) is 5.65. The normalized spacial score (nSPS) is 24.8. The van der Waals surface area contributed by atoms with E-state index in [1.165, 1.54) is 24.7 Å². The van der Waals surface area contributed by atoms with Crippen molar-refractivity contribution in [3.05, 3.63) is 54.6 Å². The zero-order chi connectivity index (χ0) is 34.4. The van der Waals surface area contributed by atoms with Crippen molar-refractivity contribution in [2.45, 2.75) is 78.1 Å². The molecule has 2 fully saturated rings. The van der Waals surface area contributed by atoms with Gasteiger partial charge in [-0.1, -0.05) is 57.2 Å². The Morgan fingerprint density at radius 1 is 1.21 bits per heavy atom. The fraction of sp³-hybridized carbons (Fsp3) is 0.515. The van der Waals surface area contributed by atoms with E-state index >= 15 is 4.39 Å². The lowest BCUT2D eigenvalue weighted by molar-refractivity contribution is -0.148. The summed E-state index contributed by atoms with van der Waals surface area (Å²) in [7, 11) is -4.41. The smallest absolute Gasteiger partial charge is 0.459 e. The molecule has 2 saturated heterocycles. The maximum Gasteiger partial charge on any atom is 0.459 e. The number of carbonyl (C=O) groups excluding carboxylic acids is 1. The van der Waals surface area contributed by atoms with Crippen molar-refractivity contribution < 1.29 is 37.4 Å². The molecule has 2 aliphatic heterocycles. The molecule has 15 heteroatoms. The van der Waals surface area contributed by atoms with Gasteiger partial charge in [0.15, 0.2) is 29.4 Å². The van der Waals surface area contributed by atoms with Crippen LogP contribution in [0.5, 0.6) is 5.75 Å². The zero-order valence-electron chi connectivity index (χ0n) is 27.9. The lowest BCUT2D eigenvalue weighted by Crippen LogP contribution is -2.42. The predicted molar refractivity (Wildman–Crippen MR) is 177 cm³/mol. The highest BCUT2D eigenvalue weighted by Gasteiger charge is 2.55. The Balaban J connectivity index is 1.25. The molecule has 13 nitrogen and oxygen atoms in total. The molecule has 0 amide bonds. The molecule has 4 aromatic rings. The second-order valence-electron chi connectivity index (χ2n) is 13.8. The first-order valence-corrected chi connectivity index (χ1v) is 17.5. The van der Waals surface area contributed by atoms with Gasteiger partial charge in [0, 0.05) is 18.5 Å². The number of rotatable bonds is 11. The highest BCUT2D eigenvalue weighted by Crippen LogP contribution is 2.49. The average Bonchev–Trinajstić information content (AvgIpc) is 3.51. The van der Waals surface area contributed by atoms with Crippen LogP contribution in [0.3, 0.4) is 0 Å². The number of imidazole rings is 1. The van der Waals surface area contributed by atoms with E-state index in [0.29, 0.717) is 28.2 Å². The zero-order valence-corrected chi connectivity index (χ0v) is 28.8. The van der Waals surface area contributed by atoms with Crippen LogP contribution in [0.2, 0.25) is 0 Å². The molecule has 2 N–H and O–H groups in total. The van der Waals surface area contributed by atoms with Crippen LogP contribution in [0.4, 0.5) is 10.2 Å². The molecule has 2 aliphatic rings. The number of benzene rings is 2. The van der Waals surface area contributed by atoms with Gasteiger partial charge in [0.2, 0.25) is 0 Å². The van der Waals surface area contributed by atoms with E-state index in [1.807, 2.05) is 45.0 Å². The first-order chi connectivity index (χ1) is 22.6. The average molecular weight is 685 g/mol. The molecule has 6 rings (SSSR count). The number of anilines is 1. The predicted octanol–water partition coefficient (Wildman–Crippen LogP) is 5.26. The second-order valence-corrected chi connectivity index (χ2v) is 15.5. The van der Waals surface area contributed by atoms with Crippen LogP contribution in [-0.4, -0.2) is 80.8 Å². The number of alkyl halides is 1. The second kappa shape index (κ2) is 13.0. The van der Waals surface area contributed by atoms with E-state index in [-0.39, 0.29) is 17.8 Å². The summed E-state index contributed by atoms with van der Waals surface area (Å²) in [6.45, 7) is 11.5. The van der Waals surface area contributed by atoms with Gasteiger partial charge in [-0.05, 0) is 44.1 Å². The van der Waals surface area contributed by atoms with E-state index in [9.17, 15) is 14.5 Å². The molecule has 4 heterocycles. The van der Waals surface area contributed by atoms with Crippen molar-refractivity contribution in [2.24, 2.45) is 5.41 Å². The Morgan fingerprint density at radius 2 is 1.94 bits per heavy atom. The van der Waals surface area contributed by atoms with Gasteiger partial charge in [-0.3, -0.25) is 13.9 Å². The third-order valence-electron chi connectivity index (χ3n) is 8.34. The number of aryl methyl sites for hydroxylation is 1. The molecule has 0 bridgehead atoms. The molecule has 0 aliphatic carbocycles. The Labute approximate surface area is 278 Å². The number of carbonyl (C=O) groups is 1. The largest absolute Gasteiger partial charge is 0.464 e. The summed E-state index contributed by atoms with van der Waals surface area (Å²) in [5, 5.41) is 15.6. The van der Waals surface area contributed by atoms with Crippen molar-refractivity contribution in [3.63, 3.8) is 0 Å². The SMILES string of the molecule is Cc1nc(N2CCC2)c2ncn([C@@H]3O[C@H](COP(=O)(N[C@@H](C)C(=O)OCC(C)(C)C)Oc4cccc5ccccc45)[C@@H](F)[C@@]3(C)O)c2n1. The molecule has 2 aromatic carbocycles. The number of esters is 1. The van der Waals surface area contributed by atoms with Crippen molar-refractivity contribution in [1.82, 2.24) is 24.6 Å². The maximum absolute atomic E-state index is 16.0. The Hall–Kier alpha value is -3.68. The molecule has 2 aromatic heterocycles. The van der Waals surface area contributed by atoms with Crippen molar-refractivity contribution in [3.8, 4) is 5.75 Å². The van der Waals surface area contributed by atoms with Crippen LogP contribution in [0.15, 0.2) is 48.8 Å². The number of aliphatic hydroxyl groups is 1. The number of halogens is 1. The molecular weight excluding hydrogens is 642 g/mol. The van der Waals surface area contributed by atoms with Crippen LogP contribution in [-0.2, 0) is 23.4 Å². The van der Waals surface area contributed by atoms with Gasteiger partial charge in [-0.25, -0.2) is 23.9 Å². The summed E-state index contributed by atoms with van der Waals surface area (Å²) in [6, 6.07) is 11.4. The first-order valence-electron chi connectivity index (χ1n) is 16.0. The number of hydrogen-bond donors (Lipinski definition) is 2. The maximum atomic E-state index is 16.0. The van der Waals surface area contributed by atoms with Crippen molar-refractivity contribution in [1.29, 1.82) is 0 Å². The summed E-state index contributed by atoms with van der Waals surface area (Å²) in [6.07, 6.45) is -2.12. The lowest BCUT2D eigenvalue weighted by Gasteiger charge is -2.32. The molecule has 48 heavy (non-hydrogen) atoms.